The molecular weight excluding hydrogens is 961 g/mol. The maximum Gasteiger partial charge on any atom is 0.306 e. The van der Waals surface area contributed by atoms with Gasteiger partial charge in [-0.25, -0.2) is 0 Å². The standard InChI is InChI=1S/C72H132O6/c1-4-7-10-13-16-19-22-25-27-29-30-31-32-33-34-35-36-37-38-39-40-41-42-44-45-47-50-53-56-59-62-65-71(74)77-68-69(67-76-70(73)64-61-58-55-52-49-24-21-18-15-12-9-6-3)78-72(75)66-63-60-57-54-51-48-46-43-28-26-23-20-17-14-11-8-5-2/h18,21-22,25,29-30,32-33,69H,4-17,19-20,23-24,26-28,31,34-68H2,1-3H3/b21-18-,25-22-,30-29-,33-32-. The first kappa shape index (κ1) is 75.4. The second kappa shape index (κ2) is 66.9. The monoisotopic (exact) mass is 1090 g/mol. The highest BCUT2D eigenvalue weighted by molar-refractivity contribution is 5.71. The van der Waals surface area contributed by atoms with Gasteiger partial charge in [-0.15, -0.1) is 0 Å². The molecule has 0 aromatic heterocycles. The van der Waals surface area contributed by atoms with Crippen molar-refractivity contribution in [2.24, 2.45) is 0 Å². The molecule has 0 fully saturated rings. The molecule has 456 valence electrons. The van der Waals surface area contributed by atoms with Crippen molar-refractivity contribution in [3.63, 3.8) is 0 Å². The van der Waals surface area contributed by atoms with Crippen LogP contribution >= 0.6 is 0 Å². The fraction of sp³-hybridized carbons (Fsp3) is 0.847. The van der Waals surface area contributed by atoms with Crippen molar-refractivity contribution >= 4 is 17.9 Å². The average molecular weight is 1090 g/mol. The van der Waals surface area contributed by atoms with Gasteiger partial charge in [0.05, 0.1) is 0 Å². The fourth-order valence-electron chi connectivity index (χ4n) is 10.3. The summed E-state index contributed by atoms with van der Waals surface area (Å²) in [6, 6.07) is 0. The molecule has 1 atom stereocenters. The predicted molar refractivity (Wildman–Crippen MR) is 339 cm³/mol. The summed E-state index contributed by atoms with van der Waals surface area (Å²) in [5.74, 6) is -0.856. The van der Waals surface area contributed by atoms with Gasteiger partial charge in [-0.2, -0.15) is 0 Å². The Bertz CT molecular complexity index is 1350. The van der Waals surface area contributed by atoms with Gasteiger partial charge in [0, 0.05) is 19.3 Å². The molecule has 0 saturated carbocycles. The molecule has 6 heteroatoms. The van der Waals surface area contributed by atoms with E-state index in [1.807, 2.05) is 0 Å². The number of hydrogen-bond donors (Lipinski definition) is 0. The van der Waals surface area contributed by atoms with Crippen LogP contribution in [0.1, 0.15) is 374 Å². The maximum absolute atomic E-state index is 12.9. The third-order valence-corrected chi connectivity index (χ3v) is 15.6. The molecule has 0 radical (unpaired) electrons. The van der Waals surface area contributed by atoms with Gasteiger partial charge in [0.2, 0.25) is 0 Å². The highest BCUT2D eigenvalue weighted by Gasteiger charge is 2.19. The van der Waals surface area contributed by atoms with Gasteiger partial charge < -0.3 is 14.2 Å². The molecule has 0 N–H and O–H groups in total. The number of carbonyl (C=O) groups excluding carboxylic acids is 3. The molecule has 0 heterocycles. The summed E-state index contributed by atoms with van der Waals surface area (Å²) in [7, 11) is 0. The van der Waals surface area contributed by atoms with Gasteiger partial charge in [-0.05, 0) is 83.5 Å². The number of rotatable bonds is 64. The minimum absolute atomic E-state index is 0.0707. The third-order valence-electron chi connectivity index (χ3n) is 15.6. The highest BCUT2D eigenvalue weighted by atomic mass is 16.6. The molecular formula is C72H132O6. The van der Waals surface area contributed by atoms with Crippen molar-refractivity contribution in [2.75, 3.05) is 13.2 Å². The van der Waals surface area contributed by atoms with E-state index < -0.39 is 6.10 Å². The first-order valence-electron chi connectivity index (χ1n) is 34.6. The molecule has 1 unspecified atom stereocenters. The first-order valence-corrected chi connectivity index (χ1v) is 34.6. The van der Waals surface area contributed by atoms with Crippen LogP contribution in [-0.4, -0.2) is 37.2 Å². The van der Waals surface area contributed by atoms with E-state index in [-0.39, 0.29) is 31.1 Å². The first-order chi connectivity index (χ1) is 38.5. The van der Waals surface area contributed by atoms with Crippen LogP contribution < -0.4 is 0 Å². The second-order valence-corrected chi connectivity index (χ2v) is 23.4. The molecule has 0 amide bonds. The lowest BCUT2D eigenvalue weighted by Gasteiger charge is -2.18. The molecule has 0 bridgehead atoms. The molecule has 0 saturated heterocycles. The topological polar surface area (TPSA) is 78.9 Å². The summed E-state index contributed by atoms with van der Waals surface area (Å²) in [5, 5.41) is 0. The minimum Gasteiger partial charge on any atom is -0.462 e. The van der Waals surface area contributed by atoms with Crippen LogP contribution in [0, 0.1) is 0 Å². The molecule has 0 aromatic carbocycles. The van der Waals surface area contributed by atoms with E-state index >= 15 is 0 Å². The SMILES string of the molecule is CCCCC/C=C\CCCCCCCC(=O)OCC(COC(=O)CCCCCCCCCCCCCCCCCC/C=C\C/C=C\C/C=C\CCCCCCC)OC(=O)CCCCCCCCCCCCCCCCCCC. The van der Waals surface area contributed by atoms with Crippen LogP contribution in [0.5, 0.6) is 0 Å². The summed E-state index contributed by atoms with van der Waals surface area (Å²) >= 11 is 0. The van der Waals surface area contributed by atoms with E-state index in [0.29, 0.717) is 19.3 Å². The van der Waals surface area contributed by atoms with E-state index in [2.05, 4.69) is 69.4 Å². The van der Waals surface area contributed by atoms with Crippen LogP contribution in [0.15, 0.2) is 48.6 Å². The van der Waals surface area contributed by atoms with Crippen molar-refractivity contribution in [3.05, 3.63) is 48.6 Å². The number of unbranched alkanes of at least 4 members (excludes halogenated alkanes) is 45. The van der Waals surface area contributed by atoms with Gasteiger partial charge in [-0.1, -0.05) is 320 Å². The van der Waals surface area contributed by atoms with Crippen LogP contribution in [0.4, 0.5) is 0 Å². The number of carbonyl (C=O) groups is 3. The van der Waals surface area contributed by atoms with Crippen LogP contribution in [-0.2, 0) is 28.6 Å². The molecule has 0 aliphatic carbocycles. The zero-order chi connectivity index (χ0) is 56.4. The van der Waals surface area contributed by atoms with Gasteiger partial charge in [0.25, 0.3) is 0 Å². The molecule has 0 rings (SSSR count). The Hall–Kier alpha value is -2.63. The van der Waals surface area contributed by atoms with E-state index in [0.717, 1.165) is 77.0 Å². The molecule has 78 heavy (non-hydrogen) atoms. The highest BCUT2D eigenvalue weighted by Crippen LogP contribution is 2.18. The normalized spacial score (nSPS) is 12.3. The van der Waals surface area contributed by atoms with E-state index in [4.69, 9.17) is 14.2 Å². The van der Waals surface area contributed by atoms with Gasteiger partial charge >= 0.3 is 17.9 Å². The van der Waals surface area contributed by atoms with Crippen LogP contribution in [0.3, 0.4) is 0 Å². The molecule has 0 spiro atoms. The van der Waals surface area contributed by atoms with E-state index in [1.165, 1.54) is 257 Å². The van der Waals surface area contributed by atoms with Crippen LogP contribution in [0.25, 0.3) is 0 Å². The number of esters is 3. The quantitative estimate of drug-likeness (QED) is 0.0261. The molecule has 6 nitrogen and oxygen atoms in total. The number of ether oxygens (including phenoxy) is 3. The van der Waals surface area contributed by atoms with E-state index in [1.54, 1.807) is 0 Å². The lowest BCUT2D eigenvalue weighted by molar-refractivity contribution is -0.167. The van der Waals surface area contributed by atoms with Crippen molar-refractivity contribution in [1.82, 2.24) is 0 Å². The Balaban J connectivity index is 4.15. The van der Waals surface area contributed by atoms with Gasteiger partial charge in [0.15, 0.2) is 6.10 Å². The smallest absolute Gasteiger partial charge is 0.306 e. The van der Waals surface area contributed by atoms with Crippen LogP contribution in [0.2, 0.25) is 0 Å². The Morgan fingerprint density at radius 1 is 0.256 bits per heavy atom. The zero-order valence-corrected chi connectivity index (χ0v) is 52.5. The van der Waals surface area contributed by atoms with Crippen molar-refractivity contribution in [3.8, 4) is 0 Å². The molecule has 0 aromatic rings. The second-order valence-electron chi connectivity index (χ2n) is 23.4. The largest absolute Gasteiger partial charge is 0.462 e. The maximum atomic E-state index is 12.9. The summed E-state index contributed by atoms with van der Waals surface area (Å²) in [5.41, 5.74) is 0. The zero-order valence-electron chi connectivity index (χ0n) is 52.5. The van der Waals surface area contributed by atoms with Gasteiger partial charge in [-0.3, -0.25) is 14.4 Å². The Morgan fingerprint density at radius 3 is 0.756 bits per heavy atom. The molecule has 0 aliphatic heterocycles. The summed E-state index contributed by atoms with van der Waals surface area (Å²) in [4.78, 5) is 38.3. The lowest BCUT2D eigenvalue weighted by Crippen LogP contribution is -2.30. The van der Waals surface area contributed by atoms with Crippen molar-refractivity contribution in [1.29, 1.82) is 0 Å². The summed E-state index contributed by atoms with van der Waals surface area (Å²) < 4.78 is 16.9. The minimum atomic E-state index is -0.773. The summed E-state index contributed by atoms with van der Waals surface area (Å²) in [6.07, 6.45) is 84.3. The predicted octanol–water partition coefficient (Wildman–Crippen LogP) is 23.7. The van der Waals surface area contributed by atoms with Gasteiger partial charge in [0.1, 0.15) is 13.2 Å². The molecule has 0 aliphatic rings. The Kier molecular flexibility index (Phi) is 64.6. The fourth-order valence-corrected chi connectivity index (χ4v) is 10.3. The number of allylic oxidation sites excluding steroid dienone is 8. The van der Waals surface area contributed by atoms with Crippen molar-refractivity contribution < 1.29 is 28.6 Å². The van der Waals surface area contributed by atoms with Crippen molar-refractivity contribution in [2.45, 2.75) is 380 Å². The number of hydrogen-bond acceptors (Lipinski definition) is 6. The van der Waals surface area contributed by atoms with E-state index in [9.17, 15) is 14.4 Å². The lowest BCUT2D eigenvalue weighted by atomic mass is 10.0. The Labute approximate surface area is 486 Å². The Morgan fingerprint density at radius 2 is 0.462 bits per heavy atom. The average Bonchev–Trinajstić information content (AvgIpc) is 3.44. The summed E-state index contributed by atoms with van der Waals surface area (Å²) in [6.45, 7) is 6.66. The third kappa shape index (κ3) is 64.2.